The molecule has 1 aromatic rings. The number of carboxylic acids is 1. The molecule has 0 aromatic carbocycles. The Morgan fingerprint density at radius 2 is 1.91 bits per heavy atom. The summed E-state index contributed by atoms with van der Waals surface area (Å²) in [5, 5.41) is 18.3. The van der Waals surface area contributed by atoms with Crippen LogP contribution in [0.25, 0.3) is 6.08 Å². The smallest absolute Gasteiger partial charge is 0.303 e. The summed E-state index contributed by atoms with van der Waals surface area (Å²) in [5.41, 5.74) is 1.03. The van der Waals surface area contributed by atoms with E-state index >= 15 is 0 Å². The Labute approximate surface area is 202 Å². The molecule has 2 aliphatic rings. The summed E-state index contributed by atoms with van der Waals surface area (Å²) < 4.78 is 1.98. The highest BCUT2D eigenvalue weighted by molar-refractivity contribution is 8.26. The molecule has 0 aliphatic carbocycles. The molecule has 1 N–H and O–H groups in total. The van der Waals surface area contributed by atoms with Crippen LogP contribution in [0.1, 0.15) is 61.6 Å². The fraction of sp³-hybridized carbons (Fsp3) is 0.522. The van der Waals surface area contributed by atoms with E-state index < -0.39 is 5.97 Å². The second-order valence-corrected chi connectivity index (χ2v) is 9.97. The topological polar surface area (TPSA) is 107 Å². The van der Waals surface area contributed by atoms with E-state index in [0.29, 0.717) is 46.2 Å². The van der Waals surface area contributed by atoms with Gasteiger partial charge in [-0.05, 0) is 50.7 Å². The minimum Gasteiger partial charge on any atom is -0.481 e. The predicted molar refractivity (Wildman–Crippen MR) is 133 cm³/mol. The highest BCUT2D eigenvalue weighted by Gasteiger charge is 2.33. The number of pyridine rings is 1. The second kappa shape index (κ2) is 11.0. The average molecular weight is 489 g/mol. The van der Waals surface area contributed by atoms with Gasteiger partial charge in [0.25, 0.3) is 11.5 Å². The van der Waals surface area contributed by atoms with Gasteiger partial charge in [-0.25, -0.2) is 0 Å². The van der Waals surface area contributed by atoms with Crippen LogP contribution in [0.3, 0.4) is 0 Å². The third-order valence-electron chi connectivity index (χ3n) is 6.04. The number of carbonyl (C=O) groups is 2. The quantitative estimate of drug-likeness (QED) is 0.337. The monoisotopic (exact) mass is 488 g/mol. The molecular weight excluding hydrogens is 460 g/mol. The molecule has 33 heavy (non-hydrogen) atoms. The van der Waals surface area contributed by atoms with Crippen LogP contribution < -0.4 is 10.5 Å². The number of thioether (sulfide) groups is 1. The summed E-state index contributed by atoms with van der Waals surface area (Å²) in [5.74, 6) is -0.285. The number of aliphatic carboxylic acids is 1. The number of piperidine rings is 1. The fourth-order valence-corrected chi connectivity index (χ4v) is 5.54. The molecule has 0 bridgehead atoms. The van der Waals surface area contributed by atoms with E-state index in [0.717, 1.165) is 38.2 Å². The van der Waals surface area contributed by atoms with Crippen molar-refractivity contribution in [3.63, 3.8) is 0 Å². The van der Waals surface area contributed by atoms with Crippen LogP contribution in [0.4, 0.5) is 5.82 Å². The summed E-state index contributed by atoms with van der Waals surface area (Å²) >= 11 is 6.65. The van der Waals surface area contributed by atoms with Crippen molar-refractivity contribution in [3.05, 3.63) is 31.9 Å². The molecule has 2 fully saturated rings. The maximum Gasteiger partial charge on any atom is 0.303 e. The van der Waals surface area contributed by atoms with Crippen molar-refractivity contribution in [1.82, 2.24) is 9.47 Å². The molecule has 0 atom stereocenters. The molecule has 0 radical (unpaired) electrons. The van der Waals surface area contributed by atoms with E-state index in [1.165, 1.54) is 16.3 Å². The van der Waals surface area contributed by atoms with Crippen molar-refractivity contribution < 1.29 is 14.7 Å². The molecule has 1 amide bonds. The van der Waals surface area contributed by atoms with Crippen molar-refractivity contribution in [3.8, 4) is 6.07 Å². The minimum absolute atomic E-state index is 0.0819. The van der Waals surface area contributed by atoms with Crippen LogP contribution in [0.5, 0.6) is 0 Å². The summed E-state index contributed by atoms with van der Waals surface area (Å²) in [6.07, 6.45) is 7.01. The standard InChI is InChI=1S/C23H28N4O4S2/c1-15-16(20(26-10-6-4-7-11-26)25(2)21(30)17(15)14-24)13-18-22(31)27(23(32)33-18)12-8-3-5-9-19(28)29/h13H,3-12H2,1-2H3,(H,28,29)/b18-13-. The second-order valence-electron chi connectivity index (χ2n) is 8.30. The van der Waals surface area contributed by atoms with Gasteiger partial charge in [-0.15, -0.1) is 0 Å². The maximum absolute atomic E-state index is 13.1. The van der Waals surface area contributed by atoms with E-state index in [4.69, 9.17) is 17.3 Å². The molecule has 0 saturated carbocycles. The fourth-order valence-electron chi connectivity index (χ4n) is 4.25. The number of nitriles is 1. The Morgan fingerprint density at radius 1 is 1.21 bits per heavy atom. The van der Waals surface area contributed by atoms with Gasteiger partial charge < -0.3 is 10.0 Å². The molecule has 10 heteroatoms. The van der Waals surface area contributed by atoms with Crippen LogP contribution in [-0.4, -0.2) is 50.4 Å². The Morgan fingerprint density at radius 3 is 2.55 bits per heavy atom. The van der Waals surface area contributed by atoms with Crippen LogP contribution in [-0.2, 0) is 16.6 Å². The zero-order valence-corrected chi connectivity index (χ0v) is 20.6. The SMILES string of the molecule is Cc1c(/C=C2\SC(=S)N(CCCCCC(=O)O)C2=O)c(N2CCCCC2)n(C)c(=O)c1C#N. The lowest BCUT2D eigenvalue weighted by Crippen LogP contribution is -2.36. The summed E-state index contributed by atoms with van der Waals surface area (Å²) in [4.78, 5) is 40.8. The number of amides is 1. The highest BCUT2D eigenvalue weighted by Crippen LogP contribution is 2.36. The lowest BCUT2D eigenvalue weighted by atomic mass is 10.0. The Balaban J connectivity index is 1.92. The number of rotatable bonds is 8. The first-order valence-corrected chi connectivity index (χ1v) is 12.3. The normalized spacial score (nSPS) is 17.7. The van der Waals surface area contributed by atoms with Crippen molar-refractivity contribution in [2.75, 3.05) is 24.5 Å². The molecule has 2 aliphatic heterocycles. The van der Waals surface area contributed by atoms with Gasteiger partial charge in [0, 0.05) is 38.7 Å². The van der Waals surface area contributed by atoms with Crippen molar-refractivity contribution in [2.45, 2.75) is 51.9 Å². The number of aromatic nitrogens is 1. The lowest BCUT2D eigenvalue weighted by molar-refractivity contribution is -0.137. The number of hydrogen-bond acceptors (Lipinski definition) is 7. The number of hydrogen-bond donors (Lipinski definition) is 1. The molecule has 2 saturated heterocycles. The van der Waals surface area contributed by atoms with E-state index in [-0.39, 0.29) is 23.5 Å². The van der Waals surface area contributed by atoms with Gasteiger partial charge >= 0.3 is 5.97 Å². The van der Waals surface area contributed by atoms with Crippen LogP contribution in [0.15, 0.2) is 9.70 Å². The van der Waals surface area contributed by atoms with Gasteiger partial charge in [0.05, 0.1) is 4.91 Å². The van der Waals surface area contributed by atoms with Gasteiger partial charge in [-0.2, -0.15) is 5.26 Å². The molecule has 1 aromatic heterocycles. The predicted octanol–water partition coefficient (Wildman–Crippen LogP) is 3.40. The minimum atomic E-state index is -0.822. The third-order valence-corrected chi connectivity index (χ3v) is 7.42. The van der Waals surface area contributed by atoms with Crippen LogP contribution in [0.2, 0.25) is 0 Å². The van der Waals surface area contributed by atoms with Gasteiger partial charge in [0.2, 0.25) is 0 Å². The number of nitrogens with zero attached hydrogens (tertiary/aromatic N) is 4. The average Bonchev–Trinajstić information content (AvgIpc) is 3.05. The van der Waals surface area contributed by atoms with E-state index in [1.54, 1.807) is 24.9 Å². The third kappa shape index (κ3) is 5.47. The van der Waals surface area contributed by atoms with Crippen molar-refractivity contribution >= 4 is 52.1 Å². The first-order valence-electron chi connectivity index (χ1n) is 11.1. The molecular formula is C23H28N4O4S2. The Hall–Kier alpha value is -2.64. The summed E-state index contributed by atoms with van der Waals surface area (Å²) in [6, 6.07) is 2.03. The largest absolute Gasteiger partial charge is 0.481 e. The highest BCUT2D eigenvalue weighted by atomic mass is 32.2. The summed E-state index contributed by atoms with van der Waals surface area (Å²) in [7, 11) is 1.67. The van der Waals surface area contributed by atoms with Gasteiger partial charge in [-0.1, -0.05) is 30.4 Å². The van der Waals surface area contributed by atoms with Crippen molar-refractivity contribution in [2.24, 2.45) is 7.05 Å². The van der Waals surface area contributed by atoms with Gasteiger partial charge in [0.15, 0.2) is 0 Å². The molecule has 0 unspecified atom stereocenters. The van der Waals surface area contributed by atoms with Crippen LogP contribution in [0, 0.1) is 18.3 Å². The van der Waals surface area contributed by atoms with Crippen molar-refractivity contribution in [1.29, 1.82) is 5.26 Å². The Bertz CT molecular complexity index is 1100. The molecule has 8 nitrogen and oxygen atoms in total. The first-order chi connectivity index (χ1) is 15.8. The first kappa shape index (κ1) is 25.0. The van der Waals surface area contributed by atoms with E-state index in [2.05, 4.69) is 4.90 Å². The van der Waals surface area contributed by atoms with E-state index in [9.17, 15) is 19.6 Å². The number of carboxylic acid groups (broad SMARTS) is 1. The summed E-state index contributed by atoms with van der Waals surface area (Å²) in [6.45, 7) is 3.83. The lowest BCUT2D eigenvalue weighted by Gasteiger charge is -2.32. The number of carbonyl (C=O) groups excluding carboxylic acids is 1. The van der Waals surface area contributed by atoms with E-state index in [1.807, 2.05) is 6.07 Å². The molecule has 0 spiro atoms. The number of thiocarbonyl (C=S) groups is 1. The zero-order chi connectivity index (χ0) is 24.1. The maximum atomic E-state index is 13.1. The molecule has 176 valence electrons. The molecule has 3 heterocycles. The molecule has 3 rings (SSSR count). The Kier molecular flexibility index (Phi) is 8.32. The van der Waals surface area contributed by atoms with Gasteiger partial charge in [-0.3, -0.25) is 23.9 Å². The number of unbranched alkanes of at least 4 members (excludes halogenated alkanes) is 2. The number of anilines is 1. The zero-order valence-electron chi connectivity index (χ0n) is 18.9. The van der Waals surface area contributed by atoms with Crippen LogP contribution >= 0.6 is 24.0 Å². The van der Waals surface area contributed by atoms with Gasteiger partial charge in [0.1, 0.15) is 21.8 Å².